The molecule has 4 heteroatoms. The smallest absolute Gasteiger partial charge is 0.137 e. The molecule has 1 aromatic carbocycles. The third-order valence-electron chi connectivity index (χ3n) is 2.75. The lowest BCUT2D eigenvalue weighted by atomic mass is 9.99. The van der Waals surface area contributed by atoms with Gasteiger partial charge in [0.25, 0.3) is 0 Å². The number of fused-ring (bicyclic) bond motifs is 1. The summed E-state index contributed by atoms with van der Waals surface area (Å²) in [6.07, 6.45) is 1.88. The normalized spacial score (nSPS) is 23.6. The molecule has 1 aliphatic heterocycles. The first kappa shape index (κ1) is 9.81. The highest BCUT2D eigenvalue weighted by atomic mass is 32.1. The minimum atomic E-state index is -0.447. The van der Waals surface area contributed by atoms with Crippen LogP contribution in [0.25, 0.3) is 0 Å². The highest BCUT2D eigenvalue weighted by Crippen LogP contribution is 2.41. The summed E-state index contributed by atoms with van der Waals surface area (Å²) in [5, 5.41) is 10.0. The molecule has 16 heavy (non-hydrogen) atoms. The fourth-order valence-corrected chi connectivity index (χ4v) is 2.61. The van der Waals surface area contributed by atoms with Crippen LogP contribution in [0.15, 0.2) is 36.0 Å². The Bertz CT molecular complexity index is 484. The predicted molar refractivity (Wildman–Crippen MR) is 61.5 cm³/mol. The number of ether oxygens (including phenoxy) is 1. The van der Waals surface area contributed by atoms with Gasteiger partial charge in [-0.1, -0.05) is 18.2 Å². The van der Waals surface area contributed by atoms with E-state index >= 15 is 0 Å². The number of rotatable bonds is 1. The maximum atomic E-state index is 10.0. The molecule has 0 saturated carbocycles. The standard InChI is InChI=1S/C12H11NO2S/c14-9-5-11(12-6-13-7-16-12)15-10-4-2-1-3-8(9)10/h1-4,6-7,9,11,14H,5H2/t9-,11?/m0/s1. The summed E-state index contributed by atoms with van der Waals surface area (Å²) < 4.78 is 5.86. The van der Waals surface area contributed by atoms with Crippen LogP contribution >= 0.6 is 11.3 Å². The van der Waals surface area contributed by atoms with Crippen molar-refractivity contribution < 1.29 is 9.84 Å². The van der Waals surface area contributed by atoms with Crippen LogP contribution < -0.4 is 4.74 Å². The van der Waals surface area contributed by atoms with Crippen LogP contribution in [0.1, 0.15) is 29.1 Å². The van der Waals surface area contributed by atoms with Crippen molar-refractivity contribution >= 4 is 11.3 Å². The van der Waals surface area contributed by atoms with Crippen molar-refractivity contribution in [3.8, 4) is 5.75 Å². The molecule has 1 aromatic heterocycles. The third-order valence-corrected chi connectivity index (χ3v) is 3.62. The summed E-state index contributed by atoms with van der Waals surface area (Å²) in [4.78, 5) is 5.10. The summed E-state index contributed by atoms with van der Waals surface area (Å²) in [6.45, 7) is 0. The molecular weight excluding hydrogens is 222 g/mol. The molecule has 3 rings (SSSR count). The van der Waals surface area contributed by atoms with E-state index in [1.54, 1.807) is 23.0 Å². The van der Waals surface area contributed by atoms with Crippen LogP contribution in [0.5, 0.6) is 5.75 Å². The van der Waals surface area contributed by atoms with Gasteiger partial charge in [-0.25, -0.2) is 0 Å². The van der Waals surface area contributed by atoms with Crippen LogP contribution in [0.2, 0.25) is 0 Å². The van der Waals surface area contributed by atoms with Gasteiger partial charge in [-0.15, -0.1) is 11.3 Å². The lowest BCUT2D eigenvalue weighted by Crippen LogP contribution is -2.18. The summed E-state index contributed by atoms with van der Waals surface area (Å²) >= 11 is 1.56. The fourth-order valence-electron chi connectivity index (χ4n) is 1.95. The Labute approximate surface area is 97.3 Å². The molecule has 2 heterocycles. The summed E-state index contributed by atoms with van der Waals surface area (Å²) in [6, 6.07) is 7.63. The van der Waals surface area contributed by atoms with E-state index in [0.717, 1.165) is 16.2 Å². The van der Waals surface area contributed by atoms with Gasteiger partial charge in [0.05, 0.1) is 16.5 Å². The van der Waals surface area contributed by atoms with Gasteiger partial charge in [-0.2, -0.15) is 0 Å². The molecular formula is C12H11NO2S. The fraction of sp³-hybridized carbons (Fsp3) is 0.250. The van der Waals surface area contributed by atoms with Crippen molar-refractivity contribution in [2.45, 2.75) is 18.6 Å². The van der Waals surface area contributed by atoms with E-state index in [0.29, 0.717) is 6.42 Å². The largest absolute Gasteiger partial charge is 0.484 e. The van der Waals surface area contributed by atoms with Crippen molar-refractivity contribution in [1.29, 1.82) is 0 Å². The number of hydrogen-bond donors (Lipinski definition) is 1. The van der Waals surface area contributed by atoms with Crippen LogP contribution in [0, 0.1) is 0 Å². The first-order chi connectivity index (χ1) is 7.84. The molecule has 1 N–H and O–H groups in total. The molecule has 82 valence electrons. The molecule has 0 fully saturated rings. The van der Waals surface area contributed by atoms with Crippen molar-refractivity contribution in [2.24, 2.45) is 0 Å². The molecule has 3 nitrogen and oxygen atoms in total. The number of thiazole rings is 1. The second kappa shape index (κ2) is 3.88. The lowest BCUT2D eigenvalue weighted by Gasteiger charge is -2.28. The zero-order valence-corrected chi connectivity index (χ0v) is 9.35. The Hall–Kier alpha value is -1.39. The molecule has 2 aromatic rings. The van der Waals surface area contributed by atoms with E-state index in [1.807, 2.05) is 24.3 Å². The number of aromatic nitrogens is 1. The highest BCUT2D eigenvalue weighted by Gasteiger charge is 2.28. The van der Waals surface area contributed by atoms with E-state index in [-0.39, 0.29) is 6.10 Å². The van der Waals surface area contributed by atoms with Gasteiger partial charge in [0.2, 0.25) is 0 Å². The molecule has 0 spiro atoms. The van der Waals surface area contributed by atoms with E-state index in [2.05, 4.69) is 4.98 Å². The molecule has 1 aliphatic rings. The summed E-state index contributed by atoms with van der Waals surface area (Å²) in [7, 11) is 0. The molecule has 1 unspecified atom stereocenters. The molecule has 0 saturated heterocycles. The molecule has 0 radical (unpaired) electrons. The van der Waals surface area contributed by atoms with Crippen molar-refractivity contribution in [3.05, 3.63) is 46.4 Å². The monoisotopic (exact) mass is 233 g/mol. The number of nitrogens with zero attached hydrogens (tertiary/aromatic N) is 1. The molecule has 0 amide bonds. The Morgan fingerprint density at radius 2 is 2.25 bits per heavy atom. The van der Waals surface area contributed by atoms with E-state index in [1.165, 1.54) is 0 Å². The summed E-state index contributed by atoms with van der Waals surface area (Å²) in [5.41, 5.74) is 2.66. The quantitative estimate of drug-likeness (QED) is 0.823. The average molecular weight is 233 g/mol. The number of aliphatic hydroxyl groups excluding tert-OH is 1. The average Bonchev–Trinajstić information content (AvgIpc) is 2.82. The van der Waals surface area contributed by atoms with E-state index in [9.17, 15) is 5.11 Å². The van der Waals surface area contributed by atoms with Gasteiger partial charge >= 0.3 is 0 Å². The topological polar surface area (TPSA) is 42.4 Å². The van der Waals surface area contributed by atoms with Gasteiger partial charge in [0.1, 0.15) is 11.9 Å². The van der Waals surface area contributed by atoms with Crippen molar-refractivity contribution in [1.82, 2.24) is 4.98 Å². The molecule has 0 bridgehead atoms. The zero-order valence-electron chi connectivity index (χ0n) is 8.54. The predicted octanol–water partition coefficient (Wildman–Crippen LogP) is 2.70. The van der Waals surface area contributed by atoms with Gasteiger partial charge < -0.3 is 9.84 Å². The highest BCUT2D eigenvalue weighted by molar-refractivity contribution is 7.09. The minimum Gasteiger partial charge on any atom is -0.484 e. The Kier molecular flexibility index (Phi) is 2.38. The van der Waals surface area contributed by atoms with Gasteiger partial charge in [0.15, 0.2) is 0 Å². The van der Waals surface area contributed by atoms with Crippen LogP contribution in [-0.2, 0) is 0 Å². The maximum Gasteiger partial charge on any atom is 0.137 e. The SMILES string of the molecule is O[C@H]1CC(c2cncs2)Oc2ccccc21. The molecule has 2 atom stereocenters. The Morgan fingerprint density at radius 1 is 1.38 bits per heavy atom. The van der Waals surface area contributed by atoms with Crippen molar-refractivity contribution in [2.75, 3.05) is 0 Å². The first-order valence-electron chi connectivity index (χ1n) is 5.16. The Balaban J connectivity index is 1.95. The second-order valence-corrected chi connectivity index (χ2v) is 4.72. The van der Waals surface area contributed by atoms with Gasteiger partial charge in [0, 0.05) is 18.2 Å². The number of hydrogen-bond acceptors (Lipinski definition) is 4. The lowest BCUT2D eigenvalue weighted by molar-refractivity contribution is 0.0673. The summed E-state index contributed by atoms with van der Waals surface area (Å²) in [5.74, 6) is 0.777. The Morgan fingerprint density at radius 3 is 3.06 bits per heavy atom. The van der Waals surface area contributed by atoms with Gasteiger partial charge in [-0.3, -0.25) is 4.98 Å². The number of aliphatic hydroxyl groups is 1. The maximum absolute atomic E-state index is 10.0. The third kappa shape index (κ3) is 1.60. The number of para-hydroxylation sites is 1. The first-order valence-corrected chi connectivity index (χ1v) is 6.04. The van der Waals surface area contributed by atoms with E-state index in [4.69, 9.17) is 4.74 Å². The number of benzene rings is 1. The minimum absolute atomic E-state index is 0.0719. The zero-order chi connectivity index (χ0) is 11.0. The van der Waals surface area contributed by atoms with Crippen LogP contribution in [-0.4, -0.2) is 10.1 Å². The van der Waals surface area contributed by atoms with E-state index < -0.39 is 6.10 Å². The molecule has 0 aliphatic carbocycles. The van der Waals surface area contributed by atoms with Gasteiger partial charge in [-0.05, 0) is 6.07 Å². The van der Waals surface area contributed by atoms with Crippen LogP contribution in [0.4, 0.5) is 0 Å². The van der Waals surface area contributed by atoms with Crippen LogP contribution in [0.3, 0.4) is 0 Å². The second-order valence-electron chi connectivity index (χ2n) is 3.80. The van der Waals surface area contributed by atoms with Crippen molar-refractivity contribution in [3.63, 3.8) is 0 Å².